The van der Waals surface area contributed by atoms with E-state index in [0.717, 1.165) is 50.5 Å². The van der Waals surface area contributed by atoms with Crippen molar-refractivity contribution in [1.29, 1.82) is 0 Å². The molecule has 3 aliphatic rings. The van der Waals surface area contributed by atoms with Gasteiger partial charge in [0.1, 0.15) is 6.10 Å². The third-order valence-electron chi connectivity index (χ3n) is 4.82. The highest BCUT2D eigenvalue weighted by Crippen LogP contribution is 2.49. The molecule has 8 heteroatoms. The van der Waals surface area contributed by atoms with Crippen LogP contribution in [0.3, 0.4) is 0 Å². The summed E-state index contributed by atoms with van der Waals surface area (Å²) in [6, 6.07) is 1.93. The zero-order valence-electron chi connectivity index (χ0n) is 15.2. The van der Waals surface area contributed by atoms with E-state index in [9.17, 15) is 0 Å². The molecular weight excluding hydrogens is 340 g/mol. The summed E-state index contributed by atoms with van der Waals surface area (Å²) >= 11 is 0. The van der Waals surface area contributed by atoms with Crippen LogP contribution in [-0.4, -0.2) is 70.6 Å². The molecule has 1 saturated heterocycles. The van der Waals surface area contributed by atoms with Crippen LogP contribution in [0.5, 0.6) is 23.0 Å². The minimum Gasteiger partial charge on any atom is -0.493 e. The minimum atomic E-state index is -0.0231. The summed E-state index contributed by atoms with van der Waals surface area (Å²) in [5.41, 5.74) is 2.03. The van der Waals surface area contributed by atoms with Crippen molar-refractivity contribution in [2.24, 2.45) is 5.16 Å². The topological polar surface area (TPSA) is 71.0 Å². The average Bonchev–Trinajstić information content (AvgIpc) is 3.31. The van der Waals surface area contributed by atoms with Gasteiger partial charge in [-0.3, -0.25) is 4.90 Å². The number of methoxy groups -OCH3 is 2. The van der Waals surface area contributed by atoms with E-state index in [1.165, 1.54) is 0 Å². The second-order valence-electron chi connectivity index (χ2n) is 6.52. The second kappa shape index (κ2) is 7.59. The molecule has 0 N–H and O–H groups in total. The quantitative estimate of drug-likeness (QED) is 0.757. The predicted molar refractivity (Wildman–Crippen MR) is 93.6 cm³/mol. The summed E-state index contributed by atoms with van der Waals surface area (Å²) in [5, 5.41) is 4.28. The lowest BCUT2D eigenvalue weighted by Crippen LogP contribution is -2.39. The van der Waals surface area contributed by atoms with Crippen molar-refractivity contribution in [3.8, 4) is 23.0 Å². The normalized spacial score (nSPS) is 22.1. The minimum absolute atomic E-state index is 0.0231. The lowest BCUT2D eigenvalue weighted by molar-refractivity contribution is 0.0450. The number of hydrogen-bond acceptors (Lipinski definition) is 8. The van der Waals surface area contributed by atoms with Gasteiger partial charge in [0.15, 0.2) is 11.5 Å². The molecule has 0 aromatic heterocycles. The lowest BCUT2D eigenvalue weighted by atomic mass is 10.0. The summed E-state index contributed by atoms with van der Waals surface area (Å²) < 4.78 is 27.5. The van der Waals surface area contributed by atoms with E-state index in [-0.39, 0.29) is 12.9 Å². The number of benzene rings is 1. The van der Waals surface area contributed by atoms with E-state index in [1.807, 2.05) is 6.07 Å². The molecule has 0 bridgehead atoms. The van der Waals surface area contributed by atoms with Crippen LogP contribution in [0.4, 0.5) is 0 Å². The van der Waals surface area contributed by atoms with Crippen LogP contribution in [0.2, 0.25) is 0 Å². The third-order valence-corrected chi connectivity index (χ3v) is 4.82. The van der Waals surface area contributed by atoms with Crippen LogP contribution in [0.15, 0.2) is 11.2 Å². The van der Waals surface area contributed by atoms with Gasteiger partial charge in [-0.05, 0) is 6.07 Å². The molecule has 26 heavy (non-hydrogen) atoms. The van der Waals surface area contributed by atoms with E-state index in [2.05, 4.69) is 10.1 Å². The first-order chi connectivity index (χ1) is 12.8. The van der Waals surface area contributed by atoms with Crippen LogP contribution in [0, 0.1) is 0 Å². The number of oxime groups is 1. The molecule has 0 spiro atoms. The zero-order chi connectivity index (χ0) is 17.9. The number of ether oxygens (including phenoxy) is 5. The van der Waals surface area contributed by atoms with Crippen LogP contribution < -0.4 is 18.9 Å². The molecule has 1 aromatic carbocycles. The van der Waals surface area contributed by atoms with Gasteiger partial charge >= 0.3 is 0 Å². The van der Waals surface area contributed by atoms with Gasteiger partial charge in [-0.1, -0.05) is 5.16 Å². The Bertz CT molecular complexity index is 687. The number of fused-ring (bicyclic) bond motifs is 1. The fraction of sp³-hybridized carbons (Fsp3) is 0.611. The van der Waals surface area contributed by atoms with Gasteiger partial charge in [0.05, 0.1) is 33.1 Å². The Labute approximate surface area is 152 Å². The summed E-state index contributed by atoms with van der Waals surface area (Å²) in [5.74, 6) is 2.49. The van der Waals surface area contributed by atoms with Gasteiger partial charge < -0.3 is 28.5 Å². The van der Waals surface area contributed by atoms with Crippen molar-refractivity contribution in [1.82, 2.24) is 4.90 Å². The van der Waals surface area contributed by atoms with Crippen molar-refractivity contribution in [3.05, 3.63) is 11.6 Å². The Kier molecular flexibility index (Phi) is 5.03. The van der Waals surface area contributed by atoms with E-state index < -0.39 is 0 Å². The maximum atomic E-state index is 5.67. The van der Waals surface area contributed by atoms with Crippen molar-refractivity contribution in [2.75, 3.05) is 53.9 Å². The predicted octanol–water partition coefficient (Wildman–Crippen LogP) is 1.45. The molecule has 3 heterocycles. The van der Waals surface area contributed by atoms with Crippen molar-refractivity contribution >= 4 is 5.71 Å². The highest BCUT2D eigenvalue weighted by molar-refractivity contribution is 5.87. The fourth-order valence-electron chi connectivity index (χ4n) is 3.54. The Balaban J connectivity index is 1.43. The molecule has 1 aromatic rings. The third kappa shape index (κ3) is 3.39. The Hall–Kier alpha value is -2.19. The van der Waals surface area contributed by atoms with Crippen LogP contribution in [-0.2, 0) is 16.0 Å². The molecule has 0 unspecified atom stereocenters. The lowest BCUT2D eigenvalue weighted by Gasteiger charge is -2.26. The van der Waals surface area contributed by atoms with Crippen LogP contribution >= 0.6 is 0 Å². The fourth-order valence-corrected chi connectivity index (χ4v) is 3.54. The molecular formula is C18H24N2O6. The summed E-state index contributed by atoms with van der Waals surface area (Å²) in [6.45, 7) is 4.45. The van der Waals surface area contributed by atoms with Crippen LogP contribution in [0.25, 0.3) is 0 Å². The van der Waals surface area contributed by atoms with E-state index in [0.29, 0.717) is 29.4 Å². The maximum absolute atomic E-state index is 5.67. The SMILES string of the molecule is COc1cc(C[C@H]2CC(CN3CCOCC3)=NO2)c(OC)c2c1OCO2. The molecule has 142 valence electrons. The van der Waals surface area contributed by atoms with Gasteiger partial charge in [-0.15, -0.1) is 0 Å². The second-order valence-corrected chi connectivity index (χ2v) is 6.52. The number of morpholine rings is 1. The first-order valence-corrected chi connectivity index (χ1v) is 8.83. The van der Waals surface area contributed by atoms with Gasteiger partial charge in [-0.25, -0.2) is 0 Å². The smallest absolute Gasteiger partial charge is 0.231 e. The standard InChI is InChI=1S/C18H24N2O6/c1-21-15-8-12(16(22-2)18-17(15)24-11-25-18)7-14-9-13(19-26-14)10-20-3-5-23-6-4-20/h8,14H,3-7,9-11H2,1-2H3/t14-/m0/s1. The monoisotopic (exact) mass is 364 g/mol. The first kappa shape index (κ1) is 17.2. The van der Waals surface area contributed by atoms with Crippen LogP contribution in [0.1, 0.15) is 12.0 Å². The molecule has 0 aliphatic carbocycles. The first-order valence-electron chi connectivity index (χ1n) is 8.83. The molecule has 1 atom stereocenters. The molecule has 0 radical (unpaired) electrons. The Morgan fingerprint density at radius 2 is 1.96 bits per heavy atom. The van der Waals surface area contributed by atoms with E-state index >= 15 is 0 Å². The summed E-state index contributed by atoms with van der Waals surface area (Å²) in [7, 11) is 3.24. The largest absolute Gasteiger partial charge is 0.493 e. The molecule has 3 aliphatic heterocycles. The van der Waals surface area contributed by atoms with E-state index in [4.69, 9.17) is 28.5 Å². The molecule has 4 rings (SSSR count). The number of nitrogens with zero attached hydrogens (tertiary/aromatic N) is 2. The van der Waals surface area contributed by atoms with Crippen molar-refractivity contribution in [3.63, 3.8) is 0 Å². The number of rotatable bonds is 6. The Morgan fingerprint density at radius 1 is 1.15 bits per heavy atom. The Morgan fingerprint density at radius 3 is 2.73 bits per heavy atom. The number of hydrogen-bond donors (Lipinski definition) is 0. The highest BCUT2D eigenvalue weighted by Gasteiger charge is 2.30. The van der Waals surface area contributed by atoms with Gasteiger partial charge in [-0.2, -0.15) is 0 Å². The average molecular weight is 364 g/mol. The van der Waals surface area contributed by atoms with Crippen molar-refractivity contribution < 1.29 is 28.5 Å². The van der Waals surface area contributed by atoms with E-state index in [1.54, 1.807) is 14.2 Å². The van der Waals surface area contributed by atoms with Gasteiger partial charge in [0, 0.05) is 38.0 Å². The maximum Gasteiger partial charge on any atom is 0.231 e. The zero-order valence-corrected chi connectivity index (χ0v) is 15.2. The molecule has 1 fully saturated rings. The molecule has 8 nitrogen and oxygen atoms in total. The highest BCUT2D eigenvalue weighted by atomic mass is 16.7. The molecule has 0 saturated carbocycles. The molecule has 0 amide bonds. The summed E-state index contributed by atoms with van der Waals surface area (Å²) in [6.07, 6.45) is 1.44. The van der Waals surface area contributed by atoms with Gasteiger partial charge in [0.2, 0.25) is 18.3 Å². The summed E-state index contributed by atoms with van der Waals surface area (Å²) in [4.78, 5) is 8.01. The van der Waals surface area contributed by atoms with Crippen molar-refractivity contribution in [2.45, 2.75) is 18.9 Å². The van der Waals surface area contributed by atoms with Gasteiger partial charge in [0.25, 0.3) is 0 Å².